The summed E-state index contributed by atoms with van der Waals surface area (Å²) in [4.78, 5) is 11.1. The van der Waals surface area contributed by atoms with Crippen LogP contribution in [0.25, 0.3) is 16.7 Å². The fraction of sp³-hybridized carbons (Fsp3) is 0.400. The number of likely N-dealkylation sites (tertiary alicyclic amines) is 1. The minimum atomic E-state index is -4.66. The second-order valence-corrected chi connectivity index (χ2v) is 11.7. The van der Waals surface area contributed by atoms with E-state index in [0.717, 1.165) is 37.9 Å². The number of benzene rings is 1. The molecule has 13 heteroatoms. The maximum atomic E-state index is 12.6. The number of allylic oxidation sites excluding steroid dienone is 4. The van der Waals surface area contributed by atoms with Crippen molar-refractivity contribution in [2.75, 3.05) is 19.3 Å². The normalized spacial score (nSPS) is 22.1. The van der Waals surface area contributed by atoms with E-state index in [0.29, 0.717) is 29.0 Å². The van der Waals surface area contributed by atoms with Crippen LogP contribution in [0.15, 0.2) is 65.3 Å². The van der Waals surface area contributed by atoms with Crippen LogP contribution in [0.2, 0.25) is 0 Å². The van der Waals surface area contributed by atoms with Gasteiger partial charge in [0.2, 0.25) is 5.88 Å². The van der Waals surface area contributed by atoms with Crippen molar-refractivity contribution in [1.82, 2.24) is 24.6 Å². The van der Waals surface area contributed by atoms with Crippen molar-refractivity contribution < 1.29 is 31.1 Å². The maximum absolute atomic E-state index is 12.6. The van der Waals surface area contributed by atoms with Gasteiger partial charge in [0.1, 0.15) is 23.6 Å². The van der Waals surface area contributed by atoms with Crippen molar-refractivity contribution in [3.63, 3.8) is 0 Å². The zero-order chi connectivity index (χ0) is 26.7. The molecule has 2 atom stereocenters. The number of rotatable bonds is 6. The first-order chi connectivity index (χ1) is 18.1. The van der Waals surface area contributed by atoms with Gasteiger partial charge in [0.25, 0.3) is 0 Å². The Morgan fingerprint density at radius 2 is 1.76 bits per heavy atom. The molecule has 200 valence electrons. The van der Waals surface area contributed by atoms with Gasteiger partial charge in [-0.15, -0.1) is 13.2 Å². The average Bonchev–Trinajstić information content (AvgIpc) is 3.56. The van der Waals surface area contributed by atoms with Crippen LogP contribution in [-0.2, 0) is 14.6 Å². The van der Waals surface area contributed by atoms with E-state index in [-0.39, 0.29) is 28.6 Å². The summed E-state index contributed by atoms with van der Waals surface area (Å²) < 4.78 is 73.3. The summed E-state index contributed by atoms with van der Waals surface area (Å²) in [6.45, 7) is 1.45. The summed E-state index contributed by atoms with van der Waals surface area (Å²) >= 11 is 0. The average molecular weight is 548 g/mol. The third-order valence-corrected chi connectivity index (χ3v) is 8.24. The third-order valence-electron chi connectivity index (χ3n) is 7.11. The molecule has 1 aliphatic heterocycles. The Morgan fingerprint density at radius 1 is 1.03 bits per heavy atom. The molecular formula is C25H24F3N5O4S. The number of aromatic nitrogens is 4. The van der Waals surface area contributed by atoms with Crippen LogP contribution in [0.4, 0.5) is 13.2 Å². The Hall–Kier alpha value is -3.61. The summed E-state index contributed by atoms with van der Waals surface area (Å²) in [6.07, 6.45) is 4.77. The lowest BCUT2D eigenvalue weighted by Gasteiger charge is -2.36. The molecule has 3 aromatic rings. The Kier molecular flexibility index (Phi) is 5.85. The van der Waals surface area contributed by atoms with E-state index in [9.17, 15) is 21.6 Å². The molecule has 0 bridgehead atoms. The van der Waals surface area contributed by atoms with Gasteiger partial charge in [0.15, 0.2) is 15.5 Å². The number of piperidine rings is 1. The number of hydrogen-bond acceptors (Lipinski definition) is 8. The van der Waals surface area contributed by atoms with Crippen molar-refractivity contribution in [2.45, 2.75) is 36.6 Å². The van der Waals surface area contributed by atoms with Crippen molar-refractivity contribution in [2.24, 2.45) is 11.8 Å². The van der Waals surface area contributed by atoms with Gasteiger partial charge >= 0.3 is 6.36 Å². The molecule has 1 saturated carbocycles. The highest BCUT2D eigenvalue weighted by Gasteiger charge is 2.50. The first-order valence-electron chi connectivity index (χ1n) is 12.2. The summed E-state index contributed by atoms with van der Waals surface area (Å²) in [6, 6.07) is 6.38. The first kappa shape index (κ1) is 24.7. The second-order valence-electron chi connectivity index (χ2n) is 9.70. The Labute approximate surface area is 216 Å². The molecule has 2 aromatic heterocycles. The van der Waals surface area contributed by atoms with Crippen molar-refractivity contribution in [1.29, 1.82) is 0 Å². The molecule has 3 heterocycles. The molecule has 2 fully saturated rings. The van der Waals surface area contributed by atoms with Gasteiger partial charge in [0.05, 0.1) is 16.8 Å². The lowest BCUT2D eigenvalue weighted by atomic mass is 10.0. The van der Waals surface area contributed by atoms with Gasteiger partial charge in [-0.1, -0.05) is 0 Å². The van der Waals surface area contributed by atoms with Crippen molar-refractivity contribution in [3.8, 4) is 11.6 Å². The van der Waals surface area contributed by atoms with E-state index in [2.05, 4.69) is 24.7 Å². The maximum Gasteiger partial charge on any atom is 0.572 e. The highest BCUT2D eigenvalue weighted by molar-refractivity contribution is 7.90. The number of halogens is 3. The largest absolute Gasteiger partial charge is 0.572 e. The molecule has 0 N–H and O–H groups in total. The second kappa shape index (κ2) is 9.00. The number of sulfone groups is 1. The number of nitrogens with zero attached hydrogens (tertiary/aromatic N) is 5. The summed E-state index contributed by atoms with van der Waals surface area (Å²) in [5.74, 6) is 0.306. The fourth-order valence-electron chi connectivity index (χ4n) is 5.16. The molecule has 0 spiro atoms. The predicted molar refractivity (Wildman–Crippen MR) is 130 cm³/mol. The molecule has 2 aliphatic carbocycles. The van der Waals surface area contributed by atoms with Crippen LogP contribution in [0, 0.1) is 11.8 Å². The third kappa shape index (κ3) is 4.82. The van der Waals surface area contributed by atoms with E-state index in [1.807, 2.05) is 0 Å². The minimum Gasteiger partial charge on any atom is -0.474 e. The van der Waals surface area contributed by atoms with Crippen LogP contribution in [0.3, 0.4) is 0 Å². The lowest BCUT2D eigenvalue weighted by molar-refractivity contribution is -0.307. The Balaban J connectivity index is 1.13. The molecule has 1 aromatic carbocycles. The lowest BCUT2D eigenvalue weighted by Crippen LogP contribution is -2.38. The van der Waals surface area contributed by atoms with Crippen LogP contribution >= 0.6 is 0 Å². The molecule has 0 radical (unpaired) electrons. The number of hydrogen-bond donors (Lipinski definition) is 0. The van der Waals surface area contributed by atoms with Crippen molar-refractivity contribution >= 4 is 20.9 Å². The Bertz CT molecular complexity index is 1540. The molecule has 38 heavy (non-hydrogen) atoms. The fourth-order valence-corrected chi connectivity index (χ4v) is 5.79. The summed E-state index contributed by atoms with van der Waals surface area (Å²) in [5, 5.41) is 5.05. The standard InChI is InChI=1S/C25H24F3N5O4S/c1-38(34,35)17-4-2-15(3-5-17)33-23-20(13-31-33)24(30-14-29-23)36-16-8-10-32(11-9-16)21-6-7-22(19-12-18(19)21)37-25(26,27)28/h2-7,13-14,16,18-19H,8-12H2,1H3. The van der Waals surface area contributed by atoms with Gasteiger partial charge < -0.3 is 14.4 Å². The van der Waals surface area contributed by atoms with Crippen LogP contribution < -0.4 is 4.74 Å². The van der Waals surface area contributed by atoms with E-state index >= 15 is 0 Å². The number of alkyl halides is 3. The van der Waals surface area contributed by atoms with Gasteiger partial charge in [-0.2, -0.15) is 5.10 Å². The van der Waals surface area contributed by atoms with Crippen LogP contribution in [-0.4, -0.2) is 64.9 Å². The molecular weight excluding hydrogens is 523 g/mol. The van der Waals surface area contributed by atoms with E-state index < -0.39 is 16.2 Å². The molecule has 9 nitrogen and oxygen atoms in total. The Morgan fingerprint density at radius 3 is 2.45 bits per heavy atom. The molecule has 1 saturated heterocycles. The zero-order valence-electron chi connectivity index (χ0n) is 20.3. The van der Waals surface area contributed by atoms with E-state index in [1.54, 1.807) is 29.1 Å². The van der Waals surface area contributed by atoms with Gasteiger partial charge in [0, 0.05) is 49.7 Å². The number of fused-ring (bicyclic) bond motifs is 2. The van der Waals surface area contributed by atoms with Crippen molar-refractivity contribution in [3.05, 3.63) is 60.4 Å². The minimum absolute atomic E-state index is 0.00383. The summed E-state index contributed by atoms with van der Waals surface area (Å²) in [5.41, 5.74) is 2.26. The SMILES string of the molecule is CS(=O)(=O)c1ccc(-n2ncc3c(OC4CCN(C5=CC=C(OC(F)(F)F)C6CC56)CC4)ncnc32)cc1. The molecule has 3 aliphatic rings. The topological polar surface area (TPSA) is 99.4 Å². The highest BCUT2D eigenvalue weighted by Crippen LogP contribution is 2.53. The van der Waals surface area contributed by atoms with Crippen LogP contribution in [0.5, 0.6) is 5.88 Å². The number of ether oxygens (including phenoxy) is 2. The molecule has 0 amide bonds. The highest BCUT2D eigenvalue weighted by atomic mass is 32.2. The molecule has 6 rings (SSSR count). The smallest absolute Gasteiger partial charge is 0.474 e. The summed E-state index contributed by atoms with van der Waals surface area (Å²) in [7, 11) is -3.31. The zero-order valence-corrected chi connectivity index (χ0v) is 21.1. The quantitative estimate of drug-likeness (QED) is 0.457. The first-order valence-corrected chi connectivity index (χ1v) is 14.0. The van der Waals surface area contributed by atoms with Gasteiger partial charge in [-0.25, -0.2) is 23.1 Å². The predicted octanol–water partition coefficient (Wildman–Crippen LogP) is 4.02. The monoisotopic (exact) mass is 547 g/mol. The van der Waals surface area contributed by atoms with Crippen LogP contribution in [0.1, 0.15) is 19.3 Å². The molecule has 2 unspecified atom stereocenters. The van der Waals surface area contributed by atoms with Gasteiger partial charge in [-0.05, 0) is 42.8 Å². The van der Waals surface area contributed by atoms with E-state index in [4.69, 9.17) is 4.74 Å². The van der Waals surface area contributed by atoms with E-state index in [1.165, 1.54) is 24.5 Å². The van der Waals surface area contributed by atoms with Gasteiger partial charge in [-0.3, -0.25) is 0 Å².